The number of H-pyrrole nitrogens is 1. The second-order valence-electron chi connectivity index (χ2n) is 8.94. The standard InChI is InChI=1S/C23H25FN8O/c1-3-17-27-7-14(8-28-17)33-22-30-20-18(15-4-13(24)5-16(26-2)19(15)29-20)21(31-22)32-9-12-6-23(12,10-25)11-32/h4-5,7-8,12,26H,3,6,9-11,25H2,1-2H3,(H,29,30,31). The largest absolute Gasteiger partial charge is 0.421 e. The highest BCUT2D eigenvalue weighted by atomic mass is 19.1. The number of aryl methyl sites for hydroxylation is 1. The maximum Gasteiger partial charge on any atom is 0.326 e. The quantitative estimate of drug-likeness (QED) is 0.412. The van der Waals surface area contributed by atoms with E-state index in [1.54, 1.807) is 19.4 Å². The van der Waals surface area contributed by atoms with E-state index in [9.17, 15) is 4.39 Å². The van der Waals surface area contributed by atoms with Crippen molar-refractivity contribution in [1.82, 2.24) is 24.9 Å². The van der Waals surface area contributed by atoms with Crippen LogP contribution in [0.4, 0.5) is 15.9 Å². The second-order valence-corrected chi connectivity index (χ2v) is 8.94. The molecule has 0 radical (unpaired) electrons. The Morgan fingerprint density at radius 2 is 2.12 bits per heavy atom. The zero-order valence-electron chi connectivity index (χ0n) is 18.5. The number of hydrogen-bond donors (Lipinski definition) is 3. The lowest BCUT2D eigenvalue weighted by Gasteiger charge is -2.22. The molecule has 0 amide bonds. The van der Waals surface area contributed by atoms with Crippen molar-refractivity contribution >= 4 is 33.4 Å². The number of nitrogens with zero attached hydrogens (tertiary/aromatic N) is 5. The van der Waals surface area contributed by atoms with Gasteiger partial charge in [-0.3, -0.25) is 0 Å². The second kappa shape index (κ2) is 7.24. The minimum atomic E-state index is -0.324. The number of ether oxygens (including phenoxy) is 1. The third-order valence-electron chi connectivity index (χ3n) is 6.97. The van der Waals surface area contributed by atoms with Crippen LogP contribution in [-0.4, -0.2) is 51.6 Å². The number of anilines is 2. The highest BCUT2D eigenvalue weighted by molar-refractivity contribution is 6.14. The first-order chi connectivity index (χ1) is 16.0. The number of aromatic nitrogens is 5. The van der Waals surface area contributed by atoms with Crippen molar-refractivity contribution in [2.75, 3.05) is 36.9 Å². The molecule has 2 fully saturated rings. The Morgan fingerprint density at radius 1 is 1.30 bits per heavy atom. The number of nitrogens with one attached hydrogen (secondary N) is 2. The van der Waals surface area contributed by atoms with Gasteiger partial charge in [0, 0.05) is 37.4 Å². The molecule has 33 heavy (non-hydrogen) atoms. The van der Waals surface area contributed by atoms with Crippen molar-refractivity contribution in [2.45, 2.75) is 19.8 Å². The maximum atomic E-state index is 14.4. The highest BCUT2D eigenvalue weighted by Crippen LogP contribution is 2.58. The van der Waals surface area contributed by atoms with Gasteiger partial charge in [0.25, 0.3) is 0 Å². The predicted molar refractivity (Wildman–Crippen MR) is 124 cm³/mol. The van der Waals surface area contributed by atoms with E-state index in [-0.39, 0.29) is 17.2 Å². The number of halogens is 1. The normalized spacial score (nSPS) is 21.6. The number of benzene rings is 1. The average molecular weight is 449 g/mol. The fourth-order valence-corrected chi connectivity index (χ4v) is 5.05. The summed E-state index contributed by atoms with van der Waals surface area (Å²) in [5.41, 5.74) is 8.25. The van der Waals surface area contributed by atoms with Crippen molar-refractivity contribution < 1.29 is 9.13 Å². The van der Waals surface area contributed by atoms with Crippen molar-refractivity contribution in [1.29, 1.82) is 0 Å². The summed E-state index contributed by atoms with van der Waals surface area (Å²) in [6.07, 6.45) is 5.12. The van der Waals surface area contributed by atoms with Gasteiger partial charge in [0.2, 0.25) is 0 Å². The van der Waals surface area contributed by atoms with Gasteiger partial charge in [-0.15, -0.1) is 0 Å². The van der Waals surface area contributed by atoms with Crippen LogP contribution in [0.5, 0.6) is 11.8 Å². The summed E-state index contributed by atoms with van der Waals surface area (Å²) in [7, 11) is 1.76. The molecule has 0 bridgehead atoms. The van der Waals surface area contributed by atoms with Crippen molar-refractivity contribution in [3.63, 3.8) is 0 Å². The molecule has 1 aliphatic carbocycles. The van der Waals surface area contributed by atoms with E-state index in [0.717, 1.165) is 53.9 Å². The van der Waals surface area contributed by atoms with Crippen LogP contribution < -0.4 is 20.7 Å². The number of nitrogens with two attached hydrogens (primary N) is 1. The number of aromatic amines is 1. The summed E-state index contributed by atoms with van der Waals surface area (Å²) in [6.45, 7) is 4.32. The summed E-state index contributed by atoms with van der Waals surface area (Å²) in [4.78, 5) is 23.5. The third kappa shape index (κ3) is 3.16. The molecule has 1 aliphatic heterocycles. The van der Waals surface area contributed by atoms with Gasteiger partial charge >= 0.3 is 6.01 Å². The Labute approximate surface area is 189 Å². The van der Waals surface area contributed by atoms with Crippen molar-refractivity contribution in [2.24, 2.45) is 17.1 Å². The lowest BCUT2D eigenvalue weighted by atomic mass is 10.1. The summed E-state index contributed by atoms with van der Waals surface area (Å²) in [6, 6.07) is 3.17. The monoisotopic (exact) mass is 448 g/mol. The zero-order valence-corrected chi connectivity index (χ0v) is 18.5. The zero-order chi connectivity index (χ0) is 22.7. The molecule has 0 spiro atoms. The topological polar surface area (TPSA) is 118 Å². The Balaban J connectivity index is 1.50. The fourth-order valence-electron chi connectivity index (χ4n) is 5.05. The van der Waals surface area contributed by atoms with Crippen LogP contribution >= 0.6 is 0 Å². The predicted octanol–water partition coefficient (Wildman–Crippen LogP) is 3.22. The van der Waals surface area contributed by atoms with Gasteiger partial charge in [-0.1, -0.05) is 6.92 Å². The molecule has 10 heteroatoms. The smallest absolute Gasteiger partial charge is 0.326 e. The Hall–Kier alpha value is -3.53. The number of rotatable bonds is 6. The maximum absolute atomic E-state index is 14.4. The van der Waals surface area contributed by atoms with Gasteiger partial charge in [0.05, 0.1) is 29.0 Å². The van der Waals surface area contributed by atoms with Gasteiger partial charge in [0.15, 0.2) is 5.75 Å². The van der Waals surface area contributed by atoms with E-state index in [1.807, 2.05) is 6.92 Å². The van der Waals surface area contributed by atoms with E-state index in [1.165, 1.54) is 12.1 Å². The average Bonchev–Trinajstić information content (AvgIpc) is 3.19. The van der Waals surface area contributed by atoms with Crippen molar-refractivity contribution in [3.8, 4) is 11.8 Å². The molecule has 9 nitrogen and oxygen atoms in total. The lowest BCUT2D eigenvalue weighted by Crippen LogP contribution is -2.29. The first-order valence-corrected chi connectivity index (χ1v) is 11.2. The Kier molecular flexibility index (Phi) is 4.41. The van der Waals surface area contributed by atoms with Gasteiger partial charge < -0.3 is 25.7 Å². The fraction of sp³-hybridized carbons (Fsp3) is 0.391. The van der Waals surface area contributed by atoms with Crippen LogP contribution in [-0.2, 0) is 6.42 Å². The molecule has 1 saturated carbocycles. The Bertz CT molecular complexity index is 1370. The molecule has 2 atom stereocenters. The van der Waals surface area contributed by atoms with E-state index in [0.29, 0.717) is 29.5 Å². The molecule has 2 unspecified atom stereocenters. The Morgan fingerprint density at radius 3 is 2.82 bits per heavy atom. The molecule has 1 saturated heterocycles. The minimum absolute atomic E-state index is 0.148. The van der Waals surface area contributed by atoms with Gasteiger partial charge in [-0.2, -0.15) is 9.97 Å². The molecule has 170 valence electrons. The van der Waals surface area contributed by atoms with Crippen LogP contribution in [0.3, 0.4) is 0 Å². The van der Waals surface area contributed by atoms with Gasteiger partial charge in [0.1, 0.15) is 23.1 Å². The van der Waals surface area contributed by atoms with E-state index in [4.69, 9.17) is 15.5 Å². The molecule has 4 N–H and O–H groups in total. The van der Waals surface area contributed by atoms with Gasteiger partial charge in [-0.05, 0) is 31.0 Å². The van der Waals surface area contributed by atoms with Crippen LogP contribution in [0.1, 0.15) is 19.2 Å². The van der Waals surface area contributed by atoms with Crippen LogP contribution in [0, 0.1) is 17.2 Å². The van der Waals surface area contributed by atoms with Crippen LogP contribution in [0.2, 0.25) is 0 Å². The van der Waals surface area contributed by atoms with Crippen LogP contribution in [0.25, 0.3) is 21.9 Å². The highest BCUT2D eigenvalue weighted by Gasteiger charge is 2.59. The van der Waals surface area contributed by atoms with E-state index < -0.39 is 0 Å². The summed E-state index contributed by atoms with van der Waals surface area (Å²) < 4.78 is 20.4. The molecule has 1 aromatic carbocycles. The number of fused-ring (bicyclic) bond motifs is 4. The summed E-state index contributed by atoms with van der Waals surface area (Å²) in [5, 5.41) is 4.57. The first-order valence-electron chi connectivity index (χ1n) is 11.2. The van der Waals surface area contributed by atoms with E-state index >= 15 is 0 Å². The molecule has 2 aliphatic rings. The van der Waals surface area contributed by atoms with Crippen molar-refractivity contribution in [3.05, 3.63) is 36.2 Å². The SMILES string of the molecule is CCc1ncc(Oc2nc(N3CC4CC4(CN)C3)c3c(n2)[nH]c2c(NC)cc(F)cc23)cn1. The lowest BCUT2D eigenvalue weighted by molar-refractivity contribution is 0.438. The van der Waals surface area contributed by atoms with Crippen LogP contribution in [0.15, 0.2) is 24.5 Å². The van der Waals surface area contributed by atoms with E-state index in [2.05, 4.69) is 30.2 Å². The molecule has 6 rings (SSSR count). The molecule has 3 aromatic heterocycles. The summed E-state index contributed by atoms with van der Waals surface area (Å²) >= 11 is 0. The molecular weight excluding hydrogens is 423 g/mol. The first kappa shape index (κ1) is 20.1. The molecular formula is C23H25FN8O. The van der Waals surface area contributed by atoms with Gasteiger partial charge in [-0.25, -0.2) is 14.4 Å². The molecule has 4 aromatic rings. The number of piperidine rings is 1. The molecule has 4 heterocycles. The minimum Gasteiger partial charge on any atom is -0.421 e. The third-order valence-corrected chi connectivity index (χ3v) is 6.97. The number of hydrogen-bond acceptors (Lipinski definition) is 8. The summed E-state index contributed by atoms with van der Waals surface area (Å²) in [5.74, 6) is 2.15.